The molecule has 0 saturated heterocycles. The summed E-state index contributed by atoms with van der Waals surface area (Å²) in [6, 6.07) is 1.38. The van der Waals surface area contributed by atoms with Crippen LogP contribution in [0.1, 0.15) is 6.42 Å². The third-order valence-electron chi connectivity index (χ3n) is 2.64. The van der Waals surface area contributed by atoms with Crippen LogP contribution >= 0.6 is 11.6 Å². The summed E-state index contributed by atoms with van der Waals surface area (Å²) in [5, 5.41) is 2.68. The van der Waals surface area contributed by atoms with Gasteiger partial charge in [0.15, 0.2) is 0 Å². The van der Waals surface area contributed by atoms with Crippen molar-refractivity contribution in [1.29, 1.82) is 0 Å². The summed E-state index contributed by atoms with van der Waals surface area (Å²) in [4.78, 5) is 15.3. The monoisotopic (exact) mass is 335 g/mol. The fourth-order valence-corrected chi connectivity index (χ4v) is 3.04. The Kier molecular flexibility index (Phi) is 7.03. The quantitative estimate of drug-likeness (QED) is 0.699. The van der Waals surface area contributed by atoms with Gasteiger partial charge in [-0.3, -0.25) is 9.78 Å². The molecule has 1 amide bonds. The molecule has 21 heavy (non-hydrogen) atoms. The van der Waals surface area contributed by atoms with Crippen LogP contribution in [0.25, 0.3) is 0 Å². The summed E-state index contributed by atoms with van der Waals surface area (Å²) < 4.78 is 30.3. The summed E-state index contributed by atoms with van der Waals surface area (Å²) >= 11 is 5.85. The number of carbonyl (C=O) groups is 1. The van der Waals surface area contributed by atoms with Gasteiger partial charge in [0, 0.05) is 39.7 Å². The van der Waals surface area contributed by atoms with E-state index in [-0.39, 0.29) is 16.5 Å². The molecule has 0 fully saturated rings. The number of nitrogens with one attached hydrogen (secondary N) is 1. The molecule has 1 heterocycles. The molecule has 1 rings (SSSR count). The second-order valence-corrected chi connectivity index (χ2v) is 6.68. The number of halogens is 1. The van der Waals surface area contributed by atoms with Crippen molar-refractivity contribution in [2.45, 2.75) is 11.3 Å². The summed E-state index contributed by atoms with van der Waals surface area (Å²) in [6.45, 7) is 0.661. The summed E-state index contributed by atoms with van der Waals surface area (Å²) in [6.07, 6.45) is 3.21. The maximum absolute atomic E-state index is 12.3. The average Bonchev–Trinajstić information content (AvgIpc) is 2.43. The molecule has 7 nitrogen and oxygen atoms in total. The van der Waals surface area contributed by atoms with E-state index in [0.717, 1.165) is 10.5 Å². The number of aromatic nitrogens is 1. The fraction of sp³-hybridized carbons (Fsp3) is 0.500. The van der Waals surface area contributed by atoms with Crippen molar-refractivity contribution in [2.75, 3.05) is 33.9 Å². The number of methoxy groups -OCH3 is 1. The number of pyridine rings is 1. The lowest BCUT2D eigenvalue weighted by atomic mass is 10.4. The molecular formula is C12H18ClN3O4S. The van der Waals surface area contributed by atoms with Gasteiger partial charge in [0.1, 0.15) is 4.90 Å². The number of carbonyl (C=O) groups excluding carboxylic acids is 1. The van der Waals surface area contributed by atoms with E-state index in [2.05, 4.69) is 10.3 Å². The first-order valence-corrected chi connectivity index (χ1v) is 8.03. The van der Waals surface area contributed by atoms with Crippen molar-refractivity contribution in [3.63, 3.8) is 0 Å². The zero-order valence-corrected chi connectivity index (χ0v) is 13.4. The zero-order valence-electron chi connectivity index (χ0n) is 11.9. The van der Waals surface area contributed by atoms with Gasteiger partial charge in [0.2, 0.25) is 15.9 Å². The number of amides is 1. The smallest absolute Gasteiger partial charge is 0.246 e. The van der Waals surface area contributed by atoms with E-state index >= 15 is 0 Å². The molecule has 0 aromatic carbocycles. The van der Waals surface area contributed by atoms with E-state index < -0.39 is 15.9 Å². The Labute approximate surface area is 129 Å². The molecule has 0 unspecified atom stereocenters. The molecule has 0 saturated carbocycles. The number of likely N-dealkylation sites (N-methyl/N-ethyl adjacent to an activating group) is 1. The van der Waals surface area contributed by atoms with Gasteiger partial charge in [-0.15, -0.1) is 0 Å². The van der Waals surface area contributed by atoms with Crippen molar-refractivity contribution in [3.05, 3.63) is 23.5 Å². The molecule has 1 aromatic rings. The maximum Gasteiger partial charge on any atom is 0.246 e. The van der Waals surface area contributed by atoms with Crippen LogP contribution in [-0.4, -0.2) is 57.5 Å². The highest BCUT2D eigenvalue weighted by molar-refractivity contribution is 7.89. The lowest BCUT2D eigenvalue weighted by Gasteiger charge is -2.17. The van der Waals surface area contributed by atoms with Gasteiger partial charge in [0.25, 0.3) is 0 Å². The highest BCUT2D eigenvalue weighted by atomic mass is 35.5. The Morgan fingerprint density at radius 2 is 2.24 bits per heavy atom. The average molecular weight is 336 g/mol. The summed E-state index contributed by atoms with van der Waals surface area (Å²) in [5.74, 6) is -0.391. The largest absolute Gasteiger partial charge is 0.385 e. The molecule has 0 aliphatic heterocycles. The molecule has 0 atom stereocenters. The second-order valence-electron chi connectivity index (χ2n) is 4.26. The maximum atomic E-state index is 12.3. The van der Waals surface area contributed by atoms with Gasteiger partial charge in [-0.25, -0.2) is 8.42 Å². The number of nitrogens with zero attached hydrogens (tertiary/aromatic N) is 2. The summed E-state index contributed by atoms with van der Waals surface area (Å²) in [7, 11) is -0.964. The highest BCUT2D eigenvalue weighted by Crippen LogP contribution is 2.22. The molecule has 0 spiro atoms. The van der Waals surface area contributed by atoms with Gasteiger partial charge in [-0.1, -0.05) is 11.6 Å². The minimum absolute atomic E-state index is 0.0670. The molecule has 0 aliphatic carbocycles. The van der Waals surface area contributed by atoms with Crippen LogP contribution < -0.4 is 5.32 Å². The molecular weight excluding hydrogens is 318 g/mol. The SMILES string of the molecule is COCCCNC(=O)CN(C)S(=O)(=O)c1cnccc1Cl. The molecule has 0 radical (unpaired) electrons. The molecule has 1 N–H and O–H groups in total. The predicted molar refractivity (Wildman–Crippen MR) is 78.6 cm³/mol. The van der Waals surface area contributed by atoms with Crippen molar-refractivity contribution < 1.29 is 17.9 Å². The first-order valence-electron chi connectivity index (χ1n) is 6.21. The van der Waals surface area contributed by atoms with Crippen LogP contribution in [0.3, 0.4) is 0 Å². The second kappa shape index (κ2) is 8.28. The van der Waals surface area contributed by atoms with Crippen molar-refractivity contribution in [2.24, 2.45) is 0 Å². The highest BCUT2D eigenvalue weighted by Gasteiger charge is 2.25. The van der Waals surface area contributed by atoms with Crippen LogP contribution in [0.15, 0.2) is 23.4 Å². The molecule has 118 valence electrons. The van der Waals surface area contributed by atoms with Crippen molar-refractivity contribution in [3.8, 4) is 0 Å². The van der Waals surface area contributed by atoms with E-state index in [9.17, 15) is 13.2 Å². The van der Waals surface area contributed by atoms with E-state index in [4.69, 9.17) is 16.3 Å². The zero-order chi connectivity index (χ0) is 15.9. The normalized spacial score (nSPS) is 11.6. The number of hydrogen-bond acceptors (Lipinski definition) is 5. The molecule has 0 bridgehead atoms. The molecule has 9 heteroatoms. The Bertz CT molecular complexity index is 580. The third kappa shape index (κ3) is 5.24. The minimum Gasteiger partial charge on any atom is -0.385 e. The standard InChI is InChI=1S/C12H18ClN3O4S/c1-16(9-12(17)15-5-3-7-20-2)21(18,19)11-8-14-6-4-10(11)13/h4,6,8H,3,5,7,9H2,1-2H3,(H,15,17). The first kappa shape index (κ1) is 17.8. The lowest BCUT2D eigenvalue weighted by molar-refractivity contribution is -0.121. The van der Waals surface area contributed by atoms with E-state index in [1.54, 1.807) is 7.11 Å². The van der Waals surface area contributed by atoms with Crippen LogP contribution in [-0.2, 0) is 19.6 Å². The summed E-state index contributed by atoms with van der Waals surface area (Å²) in [5.41, 5.74) is 0. The lowest BCUT2D eigenvalue weighted by Crippen LogP contribution is -2.38. The van der Waals surface area contributed by atoms with Gasteiger partial charge < -0.3 is 10.1 Å². The number of ether oxygens (including phenoxy) is 1. The van der Waals surface area contributed by atoms with Gasteiger partial charge in [0.05, 0.1) is 11.6 Å². The number of rotatable bonds is 8. The molecule has 0 aliphatic rings. The van der Waals surface area contributed by atoms with Gasteiger partial charge in [-0.05, 0) is 12.5 Å². The van der Waals surface area contributed by atoms with Crippen molar-refractivity contribution >= 4 is 27.5 Å². The van der Waals surface area contributed by atoms with Crippen LogP contribution in [0.5, 0.6) is 0 Å². The van der Waals surface area contributed by atoms with Crippen molar-refractivity contribution in [1.82, 2.24) is 14.6 Å². The minimum atomic E-state index is -3.85. The van der Waals surface area contributed by atoms with Crippen LogP contribution in [0, 0.1) is 0 Å². The first-order chi connectivity index (χ1) is 9.89. The Morgan fingerprint density at radius 3 is 2.86 bits per heavy atom. The Hall–Kier alpha value is -1.22. The predicted octanol–water partition coefficient (Wildman–Crippen LogP) is 0.508. The third-order valence-corrected chi connectivity index (χ3v) is 4.91. The topological polar surface area (TPSA) is 88.6 Å². The van der Waals surface area contributed by atoms with Gasteiger partial charge in [-0.2, -0.15) is 4.31 Å². The van der Waals surface area contributed by atoms with E-state index in [1.165, 1.54) is 19.3 Å². The number of sulfonamides is 1. The Morgan fingerprint density at radius 1 is 1.52 bits per heavy atom. The van der Waals surface area contributed by atoms with Gasteiger partial charge >= 0.3 is 0 Å². The van der Waals surface area contributed by atoms with Crippen LogP contribution in [0.4, 0.5) is 0 Å². The van der Waals surface area contributed by atoms with Crippen LogP contribution in [0.2, 0.25) is 5.02 Å². The molecule has 1 aromatic heterocycles. The number of hydrogen-bond donors (Lipinski definition) is 1. The fourth-order valence-electron chi connectivity index (χ4n) is 1.51. The van der Waals surface area contributed by atoms with E-state index in [1.807, 2.05) is 0 Å². The van der Waals surface area contributed by atoms with E-state index in [0.29, 0.717) is 19.6 Å². The Balaban J connectivity index is 2.64.